The van der Waals surface area contributed by atoms with E-state index in [9.17, 15) is 0 Å². The van der Waals surface area contributed by atoms with Crippen molar-refractivity contribution in [3.8, 4) is 0 Å². The molecule has 68 valence electrons. The summed E-state index contributed by atoms with van der Waals surface area (Å²) in [7, 11) is 0. The highest BCUT2D eigenvalue weighted by Crippen LogP contribution is 2.22. The molecule has 0 saturated carbocycles. The number of rotatable bonds is 2. The van der Waals surface area contributed by atoms with Gasteiger partial charge in [-0.3, -0.25) is 4.99 Å². The molecule has 2 N–H and O–H groups in total. The van der Waals surface area contributed by atoms with E-state index in [1.165, 1.54) is 5.57 Å². The minimum Gasteiger partial charge on any atom is -0.307 e. The number of aliphatic imine (C=N–C) groups is 1. The molecule has 0 aromatic carbocycles. The van der Waals surface area contributed by atoms with Crippen molar-refractivity contribution >= 4 is 17.3 Å². The highest BCUT2D eigenvalue weighted by atomic mass is 35.5. The van der Waals surface area contributed by atoms with Gasteiger partial charge < -0.3 is 5.73 Å². The molecule has 1 unspecified atom stereocenters. The quantitative estimate of drug-likeness (QED) is 0.659. The SMILES string of the molecule is CCC1=NC(C)(N)CC(CCl)=C1. The molecular formula is C9H15ClN2. The van der Waals surface area contributed by atoms with Gasteiger partial charge in [0, 0.05) is 18.0 Å². The van der Waals surface area contributed by atoms with Crippen LogP contribution in [-0.2, 0) is 0 Å². The molecule has 1 rings (SSSR count). The average molecular weight is 187 g/mol. The fraction of sp³-hybridized carbons (Fsp3) is 0.667. The van der Waals surface area contributed by atoms with Gasteiger partial charge in [-0.2, -0.15) is 0 Å². The maximum absolute atomic E-state index is 5.92. The normalized spacial score (nSPS) is 29.7. The van der Waals surface area contributed by atoms with Gasteiger partial charge >= 0.3 is 0 Å². The number of alkyl halides is 1. The van der Waals surface area contributed by atoms with Crippen LogP contribution in [-0.4, -0.2) is 17.3 Å². The van der Waals surface area contributed by atoms with Gasteiger partial charge in [0.1, 0.15) is 5.66 Å². The molecule has 2 nitrogen and oxygen atoms in total. The lowest BCUT2D eigenvalue weighted by molar-refractivity contribution is 0.483. The molecule has 0 saturated heterocycles. The summed E-state index contributed by atoms with van der Waals surface area (Å²) in [6.07, 6.45) is 3.76. The number of allylic oxidation sites excluding steroid dienone is 1. The first-order valence-corrected chi connectivity index (χ1v) is 4.74. The van der Waals surface area contributed by atoms with Gasteiger partial charge in [0.25, 0.3) is 0 Å². The fourth-order valence-electron chi connectivity index (χ4n) is 1.41. The molecule has 0 bridgehead atoms. The highest BCUT2D eigenvalue weighted by molar-refractivity contribution is 6.20. The van der Waals surface area contributed by atoms with Gasteiger partial charge in [0.05, 0.1) is 0 Å². The molecule has 3 heteroatoms. The summed E-state index contributed by atoms with van der Waals surface area (Å²) in [6.45, 7) is 4.00. The monoisotopic (exact) mass is 186 g/mol. The van der Waals surface area contributed by atoms with Crippen molar-refractivity contribution in [2.24, 2.45) is 10.7 Å². The predicted octanol–water partition coefficient (Wildman–Crippen LogP) is 2.08. The average Bonchev–Trinajstić information content (AvgIpc) is 2.01. The van der Waals surface area contributed by atoms with Gasteiger partial charge in [-0.15, -0.1) is 11.6 Å². The van der Waals surface area contributed by atoms with Crippen molar-refractivity contribution < 1.29 is 0 Å². The van der Waals surface area contributed by atoms with Gasteiger partial charge in [0.15, 0.2) is 0 Å². The Kier molecular flexibility index (Phi) is 2.91. The van der Waals surface area contributed by atoms with Crippen LogP contribution >= 0.6 is 11.6 Å². The highest BCUT2D eigenvalue weighted by Gasteiger charge is 2.22. The largest absolute Gasteiger partial charge is 0.307 e. The lowest BCUT2D eigenvalue weighted by Gasteiger charge is -2.26. The Morgan fingerprint density at radius 1 is 1.75 bits per heavy atom. The molecule has 0 amide bonds. The minimum absolute atomic E-state index is 0.440. The second kappa shape index (κ2) is 3.58. The van der Waals surface area contributed by atoms with Crippen molar-refractivity contribution in [2.45, 2.75) is 32.4 Å². The lowest BCUT2D eigenvalue weighted by Crippen LogP contribution is -2.37. The van der Waals surface area contributed by atoms with Crippen molar-refractivity contribution in [3.63, 3.8) is 0 Å². The minimum atomic E-state index is -0.440. The molecule has 1 aliphatic rings. The van der Waals surface area contributed by atoms with E-state index in [4.69, 9.17) is 17.3 Å². The Hall–Kier alpha value is -0.340. The van der Waals surface area contributed by atoms with E-state index in [1.807, 2.05) is 6.92 Å². The number of nitrogens with zero attached hydrogens (tertiary/aromatic N) is 1. The first kappa shape index (κ1) is 9.75. The summed E-state index contributed by atoms with van der Waals surface area (Å²) in [5.41, 5.74) is 7.73. The fourth-order valence-corrected chi connectivity index (χ4v) is 1.58. The summed E-state index contributed by atoms with van der Waals surface area (Å²) in [5.74, 6) is 0.561. The van der Waals surface area contributed by atoms with Crippen LogP contribution in [0.25, 0.3) is 0 Å². The molecule has 0 radical (unpaired) electrons. The molecule has 1 atom stereocenters. The van der Waals surface area contributed by atoms with Gasteiger partial charge in [0.2, 0.25) is 0 Å². The van der Waals surface area contributed by atoms with Crippen LogP contribution in [0.2, 0.25) is 0 Å². The molecule has 0 aromatic heterocycles. The Morgan fingerprint density at radius 2 is 2.42 bits per heavy atom. The summed E-state index contributed by atoms with van der Waals surface area (Å²) in [4.78, 5) is 4.39. The summed E-state index contributed by atoms with van der Waals surface area (Å²) < 4.78 is 0. The summed E-state index contributed by atoms with van der Waals surface area (Å²) in [5, 5.41) is 0. The van der Waals surface area contributed by atoms with Gasteiger partial charge in [-0.05, 0) is 25.0 Å². The molecule has 0 spiro atoms. The summed E-state index contributed by atoms with van der Waals surface area (Å²) >= 11 is 5.75. The van der Waals surface area contributed by atoms with E-state index >= 15 is 0 Å². The predicted molar refractivity (Wildman–Crippen MR) is 53.7 cm³/mol. The van der Waals surface area contributed by atoms with Crippen molar-refractivity contribution in [2.75, 3.05) is 5.88 Å². The molecule has 0 aliphatic carbocycles. The zero-order chi connectivity index (χ0) is 9.19. The first-order valence-electron chi connectivity index (χ1n) is 4.20. The Bertz CT molecular complexity index is 229. The Morgan fingerprint density at radius 3 is 2.92 bits per heavy atom. The van der Waals surface area contributed by atoms with Crippen LogP contribution in [0.1, 0.15) is 26.7 Å². The van der Waals surface area contributed by atoms with E-state index in [-0.39, 0.29) is 0 Å². The van der Waals surface area contributed by atoms with E-state index < -0.39 is 5.66 Å². The second-order valence-electron chi connectivity index (χ2n) is 3.43. The van der Waals surface area contributed by atoms with Crippen LogP contribution in [0.15, 0.2) is 16.6 Å². The lowest BCUT2D eigenvalue weighted by atomic mass is 9.98. The maximum atomic E-state index is 5.92. The third-order valence-electron chi connectivity index (χ3n) is 1.89. The molecular weight excluding hydrogens is 172 g/mol. The van der Waals surface area contributed by atoms with Crippen molar-refractivity contribution in [3.05, 3.63) is 11.6 Å². The number of dihydropyridines is 1. The van der Waals surface area contributed by atoms with E-state index in [1.54, 1.807) is 0 Å². The molecule has 1 aliphatic heterocycles. The standard InChI is InChI=1S/C9H15ClN2/c1-3-8-4-7(6-10)5-9(2,11)12-8/h4H,3,5-6,11H2,1-2H3. The van der Waals surface area contributed by atoms with Gasteiger partial charge in [-0.25, -0.2) is 0 Å². The first-order chi connectivity index (χ1) is 5.57. The number of hydrogen-bond acceptors (Lipinski definition) is 2. The van der Waals surface area contributed by atoms with Crippen LogP contribution in [0.3, 0.4) is 0 Å². The van der Waals surface area contributed by atoms with Gasteiger partial charge in [-0.1, -0.05) is 6.92 Å². The molecule has 0 aromatic rings. The number of nitrogens with two attached hydrogens (primary N) is 1. The Labute approximate surface area is 78.5 Å². The molecule has 0 fully saturated rings. The maximum Gasteiger partial charge on any atom is 0.109 e. The zero-order valence-electron chi connectivity index (χ0n) is 7.60. The summed E-state index contributed by atoms with van der Waals surface area (Å²) in [6, 6.07) is 0. The smallest absolute Gasteiger partial charge is 0.109 e. The molecule has 1 heterocycles. The Balaban J connectivity index is 2.86. The number of hydrogen-bond donors (Lipinski definition) is 1. The third-order valence-corrected chi connectivity index (χ3v) is 2.23. The third kappa shape index (κ3) is 2.32. The van der Waals surface area contributed by atoms with Crippen molar-refractivity contribution in [1.82, 2.24) is 0 Å². The van der Waals surface area contributed by atoms with E-state index in [2.05, 4.69) is 18.0 Å². The van der Waals surface area contributed by atoms with Crippen LogP contribution in [0.5, 0.6) is 0 Å². The van der Waals surface area contributed by atoms with E-state index in [0.29, 0.717) is 5.88 Å². The van der Waals surface area contributed by atoms with Crippen molar-refractivity contribution in [1.29, 1.82) is 0 Å². The van der Waals surface area contributed by atoms with Crippen LogP contribution < -0.4 is 5.73 Å². The number of halogens is 1. The van der Waals surface area contributed by atoms with E-state index in [0.717, 1.165) is 18.6 Å². The van der Waals surface area contributed by atoms with Crippen LogP contribution in [0, 0.1) is 0 Å². The van der Waals surface area contributed by atoms with Crippen LogP contribution in [0.4, 0.5) is 0 Å². The zero-order valence-corrected chi connectivity index (χ0v) is 8.36. The topological polar surface area (TPSA) is 38.4 Å². The molecule has 12 heavy (non-hydrogen) atoms. The second-order valence-corrected chi connectivity index (χ2v) is 3.69.